The maximum atomic E-state index is 12.3. The summed E-state index contributed by atoms with van der Waals surface area (Å²) in [6, 6.07) is 15.5. The van der Waals surface area contributed by atoms with Crippen LogP contribution in [-0.2, 0) is 6.54 Å². The number of benzene rings is 1. The second-order valence-electron chi connectivity index (χ2n) is 5.37. The van der Waals surface area contributed by atoms with Gasteiger partial charge in [-0.2, -0.15) is 0 Å². The molecule has 0 aliphatic rings. The number of carbonyl (C=O) groups is 1. The highest BCUT2D eigenvalue weighted by Gasteiger charge is 2.10. The Morgan fingerprint density at radius 1 is 1.00 bits per heavy atom. The molecule has 3 aromatic rings. The van der Waals surface area contributed by atoms with E-state index in [1.807, 2.05) is 60.5 Å². The average molecular weight is 318 g/mol. The highest BCUT2D eigenvalue weighted by Crippen LogP contribution is 2.22. The summed E-state index contributed by atoms with van der Waals surface area (Å²) in [6.07, 6.45) is 6.75. The summed E-state index contributed by atoms with van der Waals surface area (Å²) in [6.45, 7) is 0.436. The molecule has 2 heterocycles. The lowest BCUT2D eigenvalue weighted by atomic mass is 10.2. The molecule has 0 aliphatic carbocycles. The number of nitrogens with zero attached hydrogens (tertiary/aromatic N) is 3. The van der Waals surface area contributed by atoms with Crippen molar-refractivity contribution in [2.45, 2.75) is 6.54 Å². The number of pyridine rings is 2. The van der Waals surface area contributed by atoms with Crippen LogP contribution in [0.25, 0.3) is 0 Å². The Hall–Kier alpha value is -3.21. The molecular formula is C19H18N4O. The number of hydrogen-bond acceptors (Lipinski definition) is 4. The molecule has 0 unspecified atom stereocenters. The lowest BCUT2D eigenvalue weighted by molar-refractivity contribution is 0.0950. The van der Waals surface area contributed by atoms with E-state index in [-0.39, 0.29) is 5.91 Å². The predicted octanol–water partition coefficient (Wildman–Crippen LogP) is 3.17. The molecule has 0 radical (unpaired) electrons. The van der Waals surface area contributed by atoms with Crippen molar-refractivity contribution < 1.29 is 4.79 Å². The van der Waals surface area contributed by atoms with Crippen molar-refractivity contribution in [2.75, 3.05) is 11.9 Å². The molecule has 120 valence electrons. The van der Waals surface area contributed by atoms with Gasteiger partial charge in [-0.15, -0.1) is 0 Å². The summed E-state index contributed by atoms with van der Waals surface area (Å²) in [4.78, 5) is 22.6. The van der Waals surface area contributed by atoms with Gasteiger partial charge in [0.05, 0.1) is 17.4 Å². The van der Waals surface area contributed by atoms with Crippen LogP contribution in [0.15, 0.2) is 73.3 Å². The van der Waals surface area contributed by atoms with Crippen molar-refractivity contribution in [2.24, 2.45) is 0 Å². The molecule has 0 fully saturated rings. The summed E-state index contributed by atoms with van der Waals surface area (Å²) >= 11 is 0. The highest BCUT2D eigenvalue weighted by atomic mass is 16.1. The minimum absolute atomic E-state index is 0.158. The van der Waals surface area contributed by atoms with Gasteiger partial charge in [0, 0.05) is 37.9 Å². The summed E-state index contributed by atoms with van der Waals surface area (Å²) in [7, 11) is 1.95. The van der Waals surface area contributed by atoms with Crippen LogP contribution in [0.2, 0.25) is 0 Å². The van der Waals surface area contributed by atoms with Crippen LogP contribution in [0.1, 0.15) is 15.9 Å². The normalized spacial score (nSPS) is 10.2. The van der Waals surface area contributed by atoms with E-state index in [9.17, 15) is 4.79 Å². The summed E-state index contributed by atoms with van der Waals surface area (Å²) in [5.41, 5.74) is 3.37. The Morgan fingerprint density at radius 2 is 1.83 bits per heavy atom. The maximum absolute atomic E-state index is 12.3. The van der Waals surface area contributed by atoms with E-state index in [0.29, 0.717) is 12.1 Å². The van der Waals surface area contributed by atoms with Crippen molar-refractivity contribution in [3.63, 3.8) is 0 Å². The van der Waals surface area contributed by atoms with Crippen LogP contribution in [-0.4, -0.2) is 22.9 Å². The van der Waals surface area contributed by atoms with Crippen molar-refractivity contribution in [3.8, 4) is 0 Å². The first-order valence-electron chi connectivity index (χ1n) is 7.65. The van der Waals surface area contributed by atoms with Crippen LogP contribution in [0, 0.1) is 0 Å². The molecule has 0 aliphatic heterocycles. The monoisotopic (exact) mass is 318 g/mol. The molecule has 0 spiro atoms. The Balaban J connectivity index is 1.71. The predicted molar refractivity (Wildman–Crippen MR) is 94.1 cm³/mol. The fourth-order valence-electron chi connectivity index (χ4n) is 2.32. The van der Waals surface area contributed by atoms with E-state index in [4.69, 9.17) is 0 Å². The first-order valence-corrected chi connectivity index (χ1v) is 7.65. The van der Waals surface area contributed by atoms with E-state index in [1.54, 1.807) is 24.8 Å². The largest absolute Gasteiger partial charge is 0.348 e. The van der Waals surface area contributed by atoms with Crippen LogP contribution < -0.4 is 10.2 Å². The number of hydrogen-bond donors (Lipinski definition) is 1. The van der Waals surface area contributed by atoms with Gasteiger partial charge in [-0.25, -0.2) is 0 Å². The van der Waals surface area contributed by atoms with Gasteiger partial charge in [-0.1, -0.05) is 24.3 Å². The highest BCUT2D eigenvalue weighted by molar-refractivity contribution is 5.94. The molecule has 3 rings (SSSR count). The Bertz CT molecular complexity index is 806. The zero-order valence-electron chi connectivity index (χ0n) is 13.4. The third kappa shape index (κ3) is 3.76. The number of aromatic nitrogens is 2. The number of nitrogens with one attached hydrogen (secondary N) is 1. The molecular weight excluding hydrogens is 300 g/mol. The number of rotatable bonds is 5. The third-order valence-corrected chi connectivity index (χ3v) is 3.69. The van der Waals surface area contributed by atoms with E-state index < -0.39 is 0 Å². The SMILES string of the molecule is CN(c1ccccc1)c1cncc(C(=O)NCc2cccnc2)c1. The maximum Gasteiger partial charge on any atom is 0.253 e. The molecule has 0 saturated heterocycles. The third-order valence-electron chi connectivity index (χ3n) is 3.69. The molecule has 0 atom stereocenters. The van der Waals surface area contributed by atoms with E-state index >= 15 is 0 Å². The zero-order chi connectivity index (χ0) is 16.8. The molecule has 2 aromatic heterocycles. The second kappa shape index (κ2) is 7.37. The minimum atomic E-state index is -0.158. The van der Waals surface area contributed by atoms with Crippen LogP contribution in [0.4, 0.5) is 11.4 Å². The first-order chi connectivity index (χ1) is 11.7. The number of amides is 1. The van der Waals surface area contributed by atoms with Crippen LogP contribution in [0.3, 0.4) is 0 Å². The number of para-hydroxylation sites is 1. The van der Waals surface area contributed by atoms with Crippen molar-refractivity contribution in [3.05, 3.63) is 84.4 Å². The van der Waals surface area contributed by atoms with Crippen molar-refractivity contribution >= 4 is 17.3 Å². The zero-order valence-corrected chi connectivity index (χ0v) is 13.4. The first kappa shape index (κ1) is 15.7. The summed E-state index contributed by atoms with van der Waals surface area (Å²) in [5, 5.41) is 2.88. The topological polar surface area (TPSA) is 58.1 Å². The Morgan fingerprint density at radius 3 is 2.58 bits per heavy atom. The average Bonchev–Trinajstić information content (AvgIpc) is 2.67. The Labute approximate surface area is 141 Å². The molecule has 0 bridgehead atoms. The molecule has 5 nitrogen and oxygen atoms in total. The van der Waals surface area contributed by atoms with Crippen molar-refractivity contribution in [1.82, 2.24) is 15.3 Å². The quantitative estimate of drug-likeness (QED) is 0.785. The molecule has 1 aromatic carbocycles. The minimum Gasteiger partial charge on any atom is -0.348 e. The van der Waals surface area contributed by atoms with Crippen LogP contribution in [0.5, 0.6) is 0 Å². The van der Waals surface area contributed by atoms with Gasteiger partial charge in [0.25, 0.3) is 5.91 Å². The molecule has 1 N–H and O–H groups in total. The number of anilines is 2. The van der Waals surface area contributed by atoms with Gasteiger partial charge < -0.3 is 10.2 Å². The summed E-state index contributed by atoms with van der Waals surface area (Å²) in [5.74, 6) is -0.158. The molecule has 5 heteroatoms. The lowest BCUT2D eigenvalue weighted by Crippen LogP contribution is -2.23. The van der Waals surface area contributed by atoms with Crippen molar-refractivity contribution in [1.29, 1.82) is 0 Å². The Kier molecular flexibility index (Phi) is 4.81. The molecule has 24 heavy (non-hydrogen) atoms. The standard InChI is InChI=1S/C19H18N4O/c1-23(17-7-3-2-4-8-17)18-10-16(13-21-14-18)19(24)22-12-15-6-5-9-20-11-15/h2-11,13-14H,12H2,1H3,(H,22,24). The van der Waals surface area contributed by atoms with Gasteiger partial charge in [-0.05, 0) is 29.8 Å². The summed E-state index contributed by atoms with van der Waals surface area (Å²) < 4.78 is 0. The molecule has 0 saturated carbocycles. The second-order valence-corrected chi connectivity index (χ2v) is 5.37. The lowest BCUT2D eigenvalue weighted by Gasteiger charge is -2.19. The fraction of sp³-hybridized carbons (Fsp3) is 0.105. The van der Waals surface area contributed by atoms with Crippen LogP contribution >= 0.6 is 0 Å². The van der Waals surface area contributed by atoms with E-state index in [2.05, 4.69) is 15.3 Å². The van der Waals surface area contributed by atoms with E-state index in [0.717, 1.165) is 16.9 Å². The van der Waals surface area contributed by atoms with Gasteiger partial charge >= 0.3 is 0 Å². The van der Waals surface area contributed by atoms with Gasteiger partial charge in [0.2, 0.25) is 0 Å². The fourth-order valence-corrected chi connectivity index (χ4v) is 2.32. The number of carbonyl (C=O) groups excluding carboxylic acids is 1. The smallest absolute Gasteiger partial charge is 0.253 e. The van der Waals surface area contributed by atoms with E-state index in [1.165, 1.54) is 0 Å². The molecule has 1 amide bonds. The van der Waals surface area contributed by atoms with Gasteiger partial charge in [0.15, 0.2) is 0 Å². The van der Waals surface area contributed by atoms with Gasteiger partial charge in [-0.3, -0.25) is 14.8 Å². The van der Waals surface area contributed by atoms with Gasteiger partial charge in [0.1, 0.15) is 0 Å².